The molecule has 35 heavy (non-hydrogen) atoms. The normalized spacial score (nSPS) is 11.3. The highest BCUT2D eigenvalue weighted by molar-refractivity contribution is 6.36. The van der Waals surface area contributed by atoms with Crippen molar-refractivity contribution in [3.8, 4) is 34.3 Å². The smallest absolute Gasteiger partial charge is 0.0998 e. The lowest BCUT2D eigenvalue weighted by Crippen LogP contribution is -1.99. The molecule has 0 bridgehead atoms. The number of benzene rings is 4. The fraction of sp³-hybridized carbons (Fsp3) is 0. The lowest BCUT2D eigenvalue weighted by Gasteiger charge is -2.08. The summed E-state index contributed by atoms with van der Waals surface area (Å²) >= 11 is 12.3. The predicted octanol–water partition coefficient (Wildman–Crippen LogP) is 8.58. The van der Waals surface area contributed by atoms with E-state index < -0.39 is 0 Å². The average Bonchev–Trinajstić information content (AvgIpc) is 3.35. The number of hydrogen-bond donors (Lipinski definition) is 0. The van der Waals surface area contributed by atoms with Crippen LogP contribution in [0, 0.1) is 11.3 Å². The number of allylic oxidation sites excluding steroid dienone is 1. The molecule has 5 aromatic rings. The molecule has 0 unspecified atom stereocenters. The van der Waals surface area contributed by atoms with E-state index in [-0.39, 0.29) is 0 Å². The fourth-order valence-corrected chi connectivity index (χ4v) is 4.41. The first-order valence-electron chi connectivity index (χ1n) is 11.0. The Balaban J connectivity index is 1.54. The van der Waals surface area contributed by atoms with Crippen molar-refractivity contribution in [2.24, 2.45) is 0 Å². The lowest BCUT2D eigenvalue weighted by molar-refractivity contribution is 0.892. The second-order valence-corrected chi connectivity index (χ2v) is 8.79. The summed E-state index contributed by atoms with van der Waals surface area (Å²) < 4.78 is 1.95. The zero-order valence-electron chi connectivity index (χ0n) is 18.6. The maximum Gasteiger partial charge on any atom is 0.0998 e. The third-order valence-corrected chi connectivity index (χ3v) is 6.19. The Bertz CT molecular complexity index is 1550. The van der Waals surface area contributed by atoms with Crippen molar-refractivity contribution in [3.05, 3.63) is 130 Å². The first-order chi connectivity index (χ1) is 17.1. The van der Waals surface area contributed by atoms with Crippen molar-refractivity contribution in [2.45, 2.75) is 0 Å². The van der Waals surface area contributed by atoms with Gasteiger partial charge in [0.25, 0.3) is 0 Å². The van der Waals surface area contributed by atoms with Crippen molar-refractivity contribution in [3.63, 3.8) is 0 Å². The van der Waals surface area contributed by atoms with Crippen molar-refractivity contribution in [1.29, 1.82) is 5.26 Å². The topological polar surface area (TPSA) is 41.6 Å². The second-order valence-electron chi connectivity index (χ2n) is 7.94. The summed E-state index contributed by atoms with van der Waals surface area (Å²) in [6.07, 6.45) is 1.81. The summed E-state index contributed by atoms with van der Waals surface area (Å²) in [4.78, 5) is 0. The van der Waals surface area contributed by atoms with Gasteiger partial charge in [0, 0.05) is 21.7 Å². The summed E-state index contributed by atoms with van der Waals surface area (Å²) in [5.41, 5.74) is 6.95. The molecule has 5 rings (SSSR count). The van der Waals surface area contributed by atoms with Crippen molar-refractivity contribution in [2.75, 3.05) is 0 Å². The maximum absolute atomic E-state index is 9.72. The van der Waals surface area contributed by atoms with Gasteiger partial charge in [0.2, 0.25) is 0 Å². The van der Waals surface area contributed by atoms with E-state index in [1.807, 2.05) is 71.4 Å². The van der Waals surface area contributed by atoms with Gasteiger partial charge in [-0.15, -0.1) is 0 Å². The molecule has 1 aromatic heterocycles. The van der Waals surface area contributed by atoms with Crippen LogP contribution in [0.25, 0.3) is 39.9 Å². The second kappa shape index (κ2) is 10.0. The minimum absolute atomic E-state index is 0.444. The quantitative estimate of drug-likeness (QED) is 0.182. The molecule has 0 fully saturated rings. The van der Waals surface area contributed by atoms with E-state index in [9.17, 15) is 5.26 Å². The van der Waals surface area contributed by atoms with Crippen LogP contribution < -0.4 is 0 Å². The third-order valence-electron chi connectivity index (χ3n) is 5.64. The minimum Gasteiger partial charge on any atom is -0.232 e. The average molecular weight is 492 g/mol. The van der Waals surface area contributed by atoms with Gasteiger partial charge in [-0.2, -0.15) is 10.4 Å². The molecule has 0 aliphatic heterocycles. The first kappa shape index (κ1) is 22.7. The molecule has 0 radical (unpaired) electrons. The molecular formula is C30H19Cl2N3. The van der Waals surface area contributed by atoms with E-state index in [0.717, 1.165) is 33.8 Å². The SMILES string of the molecule is N#CC(=Cc1ccc(-n2nc(-c3ccccc3)cc2-c2ccccc2)cc1)c1ccc(Cl)cc1Cl. The summed E-state index contributed by atoms with van der Waals surface area (Å²) in [6, 6.07) is 37.7. The Labute approximate surface area is 214 Å². The number of aromatic nitrogens is 2. The monoisotopic (exact) mass is 491 g/mol. The molecule has 0 spiro atoms. The standard InChI is InChI=1S/C30H19Cl2N3/c31-25-13-16-27(28(32)18-25)24(20-33)17-21-11-14-26(15-12-21)35-30(23-9-5-2-6-10-23)19-29(34-35)22-7-3-1-4-8-22/h1-19H. The summed E-state index contributed by atoms with van der Waals surface area (Å²) in [6.45, 7) is 0. The van der Waals surface area contributed by atoms with Crippen molar-refractivity contribution >= 4 is 34.9 Å². The first-order valence-corrected chi connectivity index (χ1v) is 11.8. The van der Waals surface area contributed by atoms with Crippen LogP contribution in [0.4, 0.5) is 0 Å². The van der Waals surface area contributed by atoms with Gasteiger partial charge in [-0.05, 0) is 42.0 Å². The Kier molecular flexibility index (Phi) is 6.50. The van der Waals surface area contributed by atoms with Crippen LogP contribution in [0.1, 0.15) is 11.1 Å². The van der Waals surface area contributed by atoms with Gasteiger partial charge in [-0.3, -0.25) is 0 Å². The highest BCUT2D eigenvalue weighted by Crippen LogP contribution is 2.30. The maximum atomic E-state index is 9.72. The molecule has 0 amide bonds. The predicted molar refractivity (Wildman–Crippen MR) is 144 cm³/mol. The Morgan fingerprint density at radius 1 is 0.771 bits per heavy atom. The number of nitriles is 1. The van der Waals surface area contributed by atoms with E-state index in [2.05, 4.69) is 36.4 Å². The van der Waals surface area contributed by atoms with E-state index in [4.69, 9.17) is 28.3 Å². The molecule has 0 N–H and O–H groups in total. The van der Waals surface area contributed by atoms with E-state index in [1.165, 1.54) is 0 Å². The number of nitrogens with zero attached hydrogens (tertiary/aromatic N) is 3. The fourth-order valence-electron chi connectivity index (χ4n) is 3.90. The molecule has 0 aliphatic carbocycles. The van der Waals surface area contributed by atoms with E-state index in [1.54, 1.807) is 18.2 Å². The van der Waals surface area contributed by atoms with Crippen LogP contribution in [0.2, 0.25) is 10.0 Å². The molecule has 3 nitrogen and oxygen atoms in total. The zero-order chi connectivity index (χ0) is 24.2. The number of rotatable bonds is 5. The Morgan fingerprint density at radius 2 is 1.43 bits per heavy atom. The van der Waals surface area contributed by atoms with Crippen molar-refractivity contribution in [1.82, 2.24) is 9.78 Å². The number of hydrogen-bond acceptors (Lipinski definition) is 2. The van der Waals surface area contributed by atoms with Gasteiger partial charge in [0.15, 0.2) is 0 Å². The van der Waals surface area contributed by atoms with Crippen LogP contribution in [0.15, 0.2) is 109 Å². The third kappa shape index (κ3) is 4.90. The lowest BCUT2D eigenvalue weighted by atomic mass is 10.0. The highest BCUT2D eigenvalue weighted by Gasteiger charge is 2.13. The molecule has 5 heteroatoms. The van der Waals surface area contributed by atoms with Crippen LogP contribution in [0.3, 0.4) is 0 Å². The van der Waals surface area contributed by atoms with Gasteiger partial charge in [-0.1, -0.05) is 102 Å². The molecular weight excluding hydrogens is 473 g/mol. The van der Waals surface area contributed by atoms with Gasteiger partial charge >= 0.3 is 0 Å². The van der Waals surface area contributed by atoms with Gasteiger partial charge in [-0.25, -0.2) is 4.68 Å². The largest absolute Gasteiger partial charge is 0.232 e. The Hall–Kier alpha value is -4.10. The molecule has 0 aliphatic rings. The van der Waals surface area contributed by atoms with E-state index >= 15 is 0 Å². The van der Waals surface area contributed by atoms with Crippen LogP contribution in [0.5, 0.6) is 0 Å². The molecule has 0 saturated heterocycles. The van der Waals surface area contributed by atoms with E-state index in [0.29, 0.717) is 21.2 Å². The molecule has 1 heterocycles. The van der Waals surface area contributed by atoms with Gasteiger partial charge < -0.3 is 0 Å². The summed E-state index contributed by atoms with van der Waals surface area (Å²) in [5, 5.41) is 15.6. The molecule has 4 aromatic carbocycles. The number of halogens is 2. The van der Waals surface area contributed by atoms with Crippen LogP contribution in [-0.2, 0) is 0 Å². The van der Waals surface area contributed by atoms with Crippen LogP contribution >= 0.6 is 23.2 Å². The van der Waals surface area contributed by atoms with Crippen LogP contribution in [-0.4, -0.2) is 9.78 Å². The molecule has 0 atom stereocenters. The Morgan fingerprint density at radius 3 is 2.06 bits per heavy atom. The summed E-state index contributed by atoms with van der Waals surface area (Å²) in [5.74, 6) is 0. The van der Waals surface area contributed by atoms with Crippen molar-refractivity contribution < 1.29 is 0 Å². The molecule has 0 saturated carbocycles. The summed E-state index contributed by atoms with van der Waals surface area (Å²) in [7, 11) is 0. The van der Waals surface area contributed by atoms with Gasteiger partial charge in [0.05, 0.1) is 33.7 Å². The molecule has 168 valence electrons. The zero-order valence-corrected chi connectivity index (χ0v) is 20.1. The minimum atomic E-state index is 0.444. The highest BCUT2D eigenvalue weighted by atomic mass is 35.5. The van der Waals surface area contributed by atoms with Gasteiger partial charge in [0.1, 0.15) is 0 Å².